The highest BCUT2D eigenvalue weighted by atomic mass is 19.1. The zero-order valence-electron chi connectivity index (χ0n) is 20.9. The van der Waals surface area contributed by atoms with Crippen LogP contribution < -0.4 is 10.6 Å². The molecule has 1 aliphatic rings. The fourth-order valence-electron chi connectivity index (χ4n) is 4.49. The van der Waals surface area contributed by atoms with E-state index in [1.54, 1.807) is 37.3 Å². The Labute approximate surface area is 214 Å². The molecule has 1 fully saturated rings. The van der Waals surface area contributed by atoms with E-state index in [0.717, 1.165) is 11.1 Å². The number of carbonyl (C=O) groups is 3. The second kappa shape index (κ2) is 10.8. The molecule has 1 saturated heterocycles. The fraction of sp³-hybridized carbons (Fsp3) is 0.286. The molecule has 0 spiro atoms. The van der Waals surface area contributed by atoms with Gasteiger partial charge in [0.15, 0.2) is 0 Å². The first-order valence-corrected chi connectivity index (χ1v) is 12.1. The minimum absolute atomic E-state index is 0.0204. The molecule has 3 amide bonds. The predicted octanol–water partition coefficient (Wildman–Crippen LogP) is 5.65. The molecule has 37 heavy (non-hydrogen) atoms. The van der Waals surface area contributed by atoms with Gasteiger partial charge in [-0.1, -0.05) is 38.1 Å². The van der Waals surface area contributed by atoms with E-state index in [9.17, 15) is 18.8 Å². The lowest BCUT2D eigenvalue weighted by molar-refractivity contribution is -0.119. The number of carboxylic acids is 1. The number of hydrogen-bond donors (Lipinski definition) is 3. The zero-order valence-corrected chi connectivity index (χ0v) is 20.9. The van der Waals surface area contributed by atoms with Gasteiger partial charge in [-0.25, -0.2) is 19.0 Å². The molecule has 0 aliphatic carbocycles. The summed E-state index contributed by atoms with van der Waals surface area (Å²) in [6, 6.07) is 13.8. The Morgan fingerprint density at radius 1 is 1.03 bits per heavy atom. The summed E-state index contributed by atoms with van der Waals surface area (Å²) in [5.74, 6) is -1.73. The number of carboxylic acid groups (broad SMARTS) is 1. The van der Waals surface area contributed by atoms with E-state index < -0.39 is 18.0 Å². The Hall–Kier alpha value is -4.27. The molecule has 8 nitrogen and oxygen atoms in total. The van der Waals surface area contributed by atoms with Crippen molar-refractivity contribution in [2.24, 2.45) is 0 Å². The van der Waals surface area contributed by atoms with Gasteiger partial charge in [-0.15, -0.1) is 0 Å². The number of pyridine rings is 1. The number of rotatable bonds is 6. The molecular formula is C28H29FN4O4. The Balaban J connectivity index is 1.41. The van der Waals surface area contributed by atoms with E-state index in [0.29, 0.717) is 42.0 Å². The molecule has 0 radical (unpaired) electrons. The van der Waals surface area contributed by atoms with Crippen molar-refractivity contribution in [1.29, 1.82) is 0 Å². The monoisotopic (exact) mass is 504 g/mol. The molecule has 192 valence electrons. The lowest BCUT2D eigenvalue weighted by Gasteiger charge is -2.24. The normalized spacial score (nSPS) is 15.1. The fourth-order valence-corrected chi connectivity index (χ4v) is 4.49. The number of nitrogens with zero attached hydrogens (tertiary/aromatic N) is 2. The largest absolute Gasteiger partial charge is 0.477 e. The predicted molar refractivity (Wildman–Crippen MR) is 139 cm³/mol. The molecular weight excluding hydrogens is 475 g/mol. The number of hydrogen-bond acceptors (Lipinski definition) is 4. The van der Waals surface area contributed by atoms with Gasteiger partial charge in [-0.3, -0.25) is 4.79 Å². The summed E-state index contributed by atoms with van der Waals surface area (Å²) in [4.78, 5) is 42.6. The number of aromatic nitrogens is 1. The molecule has 1 aliphatic heterocycles. The van der Waals surface area contributed by atoms with Crippen molar-refractivity contribution < 1.29 is 23.9 Å². The van der Waals surface area contributed by atoms with Crippen LogP contribution in [0.25, 0.3) is 11.1 Å². The number of nitrogens with one attached hydrogen (secondary N) is 2. The number of amides is 3. The molecule has 0 saturated carbocycles. The van der Waals surface area contributed by atoms with Crippen LogP contribution in [0.3, 0.4) is 0 Å². The van der Waals surface area contributed by atoms with Crippen LogP contribution >= 0.6 is 0 Å². The lowest BCUT2D eigenvalue weighted by Crippen LogP contribution is -2.45. The van der Waals surface area contributed by atoms with Gasteiger partial charge in [-0.05, 0) is 67.1 Å². The first kappa shape index (κ1) is 25.8. The number of anilines is 2. The van der Waals surface area contributed by atoms with E-state index in [1.807, 2.05) is 26.0 Å². The van der Waals surface area contributed by atoms with Crippen molar-refractivity contribution in [1.82, 2.24) is 9.88 Å². The first-order chi connectivity index (χ1) is 17.6. The first-order valence-electron chi connectivity index (χ1n) is 12.1. The molecule has 0 unspecified atom stereocenters. The van der Waals surface area contributed by atoms with Crippen LogP contribution in [-0.4, -0.2) is 45.5 Å². The third kappa shape index (κ3) is 5.77. The quantitative estimate of drug-likeness (QED) is 0.402. The topological polar surface area (TPSA) is 112 Å². The van der Waals surface area contributed by atoms with Crippen molar-refractivity contribution in [3.05, 3.63) is 77.4 Å². The standard InChI is InChI=1S/C28H29FN4O4/c1-16(2)21-11-10-20(15-23(21)29)32-28(37)33-14-4-5-25(33)26(34)31-19-8-6-18(7-9-19)22-12-13-24(27(35)36)30-17(22)3/h6-13,15-16,25H,4-5,14H2,1-3H3,(H,31,34)(H,32,37)(H,35,36)/t25-/m0/s1. The number of benzene rings is 2. The molecule has 2 aromatic carbocycles. The van der Waals surface area contributed by atoms with Crippen LogP contribution in [0.5, 0.6) is 0 Å². The van der Waals surface area contributed by atoms with E-state index in [2.05, 4.69) is 15.6 Å². The maximum absolute atomic E-state index is 14.3. The van der Waals surface area contributed by atoms with Crippen molar-refractivity contribution in [2.45, 2.75) is 45.6 Å². The Morgan fingerprint density at radius 2 is 1.73 bits per heavy atom. The molecule has 2 heterocycles. The van der Waals surface area contributed by atoms with E-state index in [-0.39, 0.29) is 23.3 Å². The summed E-state index contributed by atoms with van der Waals surface area (Å²) < 4.78 is 14.3. The Bertz CT molecular complexity index is 1340. The van der Waals surface area contributed by atoms with Crippen LogP contribution in [0, 0.1) is 12.7 Å². The number of aromatic carboxylic acids is 1. The highest BCUT2D eigenvalue weighted by Gasteiger charge is 2.34. The number of halogens is 1. The van der Waals surface area contributed by atoms with Crippen LogP contribution in [0.15, 0.2) is 54.6 Å². The van der Waals surface area contributed by atoms with Crippen LogP contribution in [0.2, 0.25) is 0 Å². The molecule has 3 N–H and O–H groups in total. The highest BCUT2D eigenvalue weighted by Crippen LogP contribution is 2.26. The maximum atomic E-state index is 14.3. The molecule has 3 aromatic rings. The van der Waals surface area contributed by atoms with Crippen molar-refractivity contribution in [3.63, 3.8) is 0 Å². The molecule has 0 bridgehead atoms. The molecule has 4 rings (SSSR count). The number of likely N-dealkylation sites (tertiary alicyclic amines) is 1. The summed E-state index contributed by atoms with van der Waals surface area (Å²) in [6.07, 6.45) is 1.21. The van der Waals surface area contributed by atoms with E-state index >= 15 is 0 Å². The summed E-state index contributed by atoms with van der Waals surface area (Å²) in [6.45, 7) is 5.96. The summed E-state index contributed by atoms with van der Waals surface area (Å²) >= 11 is 0. The minimum atomic E-state index is -1.08. The Kier molecular flexibility index (Phi) is 7.52. The number of urea groups is 1. The second-order valence-corrected chi connectivity index (χ2v) is 9.37. The average molecular weight is 505 g/mol. The third-order valence-corrected chi connectivity index (χ3v) is 6.46. The average Bonchev–Trinajstić information content (AvgIpc) is 3.35. The zero-order chi connectivity index (χ0) is 26.7. The molecule has 9 heteroatoms. The van der Waals surface area contributed by atoms with Crippen molar-refractivity contribution in [3.8, 4) is 11.1 Å². The second-order valence-electron chi connectivity index (χ2n) is 9.37. The Morgan fingerprint density at radius 3 is 2.35 bits per heavy atom. The van der Waals surface area contributed by atoms with Gasteiger partial charge in [0.05, 0.1) is 0 Å². The van der Waals surface area contributed by atoms with Crippen LogP contribution in [0.4, 0.5) is 20.6 Å². The third-order valence-electron chi connectivity index (χ3n) is 6.46. The van der Waals surface area contributed by atoms with Gasteiger partial charge in [-0.2, -0.15) is 0 Å². The number of carbonyl (C=O) groups excluding carboxylic acids is 2. The minimum Gasteiger partial charge on any atom is -0.477 e. The van der Waals surface area contributed by atoms with Gasteiger partial charge in [0.25, 0.3) is 0 Å². The van der Waals surface area contributed by atoms with Crippen molar-refractivity contribution in [2.75, 3.05) is 17.2 Å². The smallest absolute Gasteiger partial charge is 0.354 e. The van der Waals surface area contributed by atoms with Gasteiger partial charge in [0, 0.05) is 29.2 Å². The van der Waals surface area contributed by atoms with Crippen LogP contribution in [-0.2, 0) is 4.79 Å². The molecule has 1 aromatic heterocycles. The number of aryl methyl sites for hydroxylation is 1. The van der Waals surface area contributed by atoms with Crippen molar-refractivity contribution >= 4 is 29.3 Å². The lowest BCUT2D eigenvalue weighted by atomic mass is 10.0. The van der Waals surface area contributed by atoms with Crippen LogP contribution in [0.1, 0.15) is 54.4 Å². The molecule has 1 atom stereocenters. The van der Waals surface area contributed by atoms with Gasteiger partial charge in [0.2, 0.25) is 5.91 Å². The summed E-state index contributed by atoms with van der Waals surface area (Å²) in [5, 5.41) is 14.7. The highest BCUT2D eigenvalue weighted by molar-refractivity contribution is 5.99. The van der Waals surface area contributed by atoms with E-state index in [1.165, 1.54) is 17.0 Å². The summed E-state index contributed by atoms with van der Waals surface area (Å²) in [7, 11) is 0. The van der Waals surface area contributed by atoms with Gasteiger partial charge in [0.1, 0.15) is 17.6 Å². The maximum Gasteiger partial charge on any atom is 0.354 e. The van der Waals surface area contributed by atoms with Gasteiger partial charge >= 0.3 is 12.0 Å². The van der Waals surface area contributed by atoms with E-state index in [4.69, 9.17) is 5.11 Å². The van der Waals surface area contributed by atoms with Gasteiger partial charge < -0.3 is 20.6 Å². The summed E-state index contributed by atoms with van der Waals surface area (Å²) in [5.41, 5.74) is 3.67. The SMILES string of the molecule is Cc1nc(C(=O)O)ccc1-c1ccc(NC(=O)[C@@H]2CCCN2C(=O)Nc2ccc(C(C)C)c(F)c2)cc1.